The van der Waals surface area contributed by atoms with Crippen molar-refractivity contribution in [2.24, 2.45) is 0 Å². The molecule has 0 spiro atoms. The Morgan fingerprint density at radius 1 is 1.10 bits per heavy atom. The van der Waals surface area contributed by atoms with Gasteiger partial charge in [0.1, 0.15) is 22.3 Å². The first-order valence-corrected chi connectivity index (χ1v) is 10.9. The fourth-order valence-electron chi connectivity index (χ4n) is 3.31. The van der Waals surface area contributed by atoms with E-state index >= 15 is 0 Å². The molecule has 0 bridgehead atoms. The summed E-state index contributed by atoms with van der Waals surface area (Å²) in [5, 5.41) is 3.87. The minimum absolute atomic E-state index is 0.0616. The Morgan fingerprint density at radius 3 is 2.58 bits per heavy atom. The molecule has 2 aromatic carbocycles. The van der Waals surface area contributed by atoms with Gasteiger partial charge in [-0.05, 0) is 36.2 Å². The zero-order valence-electron chi connectivity index (χ0n) is 17.4. The molecule has 0 saturated carbocycles. The van der Waals surface area contributed by atoms with Crippen molar-refractivity contribution in [3.05, 3.63) is 77.9 Å². The minimum atomic E-state index is -0.285. The van der Waals surface area contributed by atoms with Gasteiger partial charge in [-0.2, -0.15) is 0 Å². The van der Waals surface area contributed by atoms with Crippen LogP contribution >= 0.6 is 11.3 Å². The number of amides is 1. The molecular weight excluding hydrogens is 411 g/mol. The molecule has 4 rings (SSSR count). The third-order valence-corrected chi connectivity index (χ3v) is 6.06. The van der Waals surface area contributed by atoms with Crippen molar-refractivity contribution in [2.75, 3.05) is 18.5 Å². The average molecular weight is 435 g/mol. The van der Waals surface area contributed by atoms with Gasteiger partial charge in [-0.1, -0.05) is 42.5 Å². The first-order valence-electron chi connectivity index (χ1n) is 10.1. The van der Waals surface area contributed by atoms with Crippen LogP contribution in [0.1, 0.15) is 17.8 Å². The quantitative estimate of drug-likeness (QED) is 0.447. The van der Waals surface area contributed by atoms with Gasteiger partial charge < -0.3 is 10.2 Å². The van der Waals surface area contributed by atoms with Crippen LogP contribution in [0, 0.1) is 12.7 Å². The summed E-state index contributed by atoms with van der Waals surface area (Å²) in [5.41, 5.74) is 2.01. The van der Waals surface area contributed by atoms with Gasteiger partial charge in [-0.3, -0.25) is 4.79 Å². The number of aryl methyl sites for hydroxylation is 1. The topological polar surface area (TPSA) is 58.1 Å². The van der Waals surface area contributed by atoms with Crippen LogP contribution in [-0.2, 0) is 11.3 Å². The lowest BCUT2D eigenvalue weighted by Gasteiger charge is -2.19. The number of halogens is 1. The van der Waals surface area contributed by atoms with E-state index in [1.165, 1.54) is 12.1 Å². The van der Waals surface area contributed by atoms with Crippen LogP contribution in [0.25, 0.3) is 20.7 Å². The second-order valence-electron chi connectivity index (χ2n) is 7.36. The van der Waals surface area contributed by atoms with E-state index in [-0.39, 0.29) is 11.7 Å². The summed E-state index contributed by atoms with van der Waals surface area (Å²) in [5.74, 6) is 1.18. The Balaban J connectivity index is 1.44. The lowest BCUT2D eigenvalue weighted by Crippen LogP contribution is -2.29. The molecule has 0 aliphatic heterocycles. The largest absolute Gasteiger partial charge is 0.359 e. The normalized spacial score (nSPS) is 10.9. The highest BCUT2D eigenvalue weighted by atomic mass is 32.1. The Morgan fingerprint density at radius 2 is 1.84 bits per heavy atom. The van der Waals surface area contributed by atoms with Crippen molar-refractivity contribution >= 4 is 33.3 Å². The number of fused-ring (bicyclic) bond motifs is 1. The van der Waals surface area contributed by atoms with Crippen molar-refractivity contribution in [1.29, 1.82) is 0 Å². The number of nitrogens with one attached hydrogen (secondary N) is 1. The third-order valence-electron chi connectivity index (χ3n) is 4.98. The van der Waals surface area contributed by atoms with Gasteiger partial charge in [0, 0.05) is 31.4 Å². The van der Waals surface area contributed by atoms with Crippen LogP contribution in [0.5, 0.6) is 0 Å². The van der Waals surface area contributed by atoms with Crippen LogP contribution in [0.2, 0.25) is 0 Å². The maximum atomic E-state index is 13.0. The van der Waals surface area contributed by atoms with E-state index in [0.29, 0.717) is 25.3 Å². The van der Waals surface area contributed by atoms with E-state index in [1.54, 1.807) is 23.5 Å². The standard InChI is InChI=1S/C24H23FN4OS/c1-16-27-23(20-14-21(31-24(20)28-16)18-6-4-3-5-7-18)29(2)13-12-22(30)26-15-17-8-10-19(25)11-9-17/h3-11,14H,12-13,15H2,1-2H3,(H,26,30). The highest BCUT2D eigenvalue weighted by Gasteiger charge is 2.15. The summed E-state index contributed by atoms with van der Waals surface area (Å²) < 4.78 is 13.0. The van der Waals surface area contributed by atoms with E-state index in [4.69, 9.17) is 0 Å². The number of carbonyl (C=O) groups excluding carboxylic acids is 1. The van der Waals surface area contributed by atoms with Crippen molar-refractivity contribution in [1.82, 2.24) is 15.3 Å². The predicted octanol–water partition coefficient (Wildman–Crippen LogP) is 4.95. The van der Waals surface area contributed by atoms with Gasteiger partial charge in [0.2, 0.25) is 5.91 Å². The minimum Gasteiger partial charge on any atom is -0.359 e. The number of hydrogen-bond donors (Lipinski definition) is 1. The number of aromatic nitrogens is 2. The first-order chi connectivity index (χ1) is 15.0. The second kappa shape index (κ2) is 9.22. The Labute approximate surface area is 184 Å². The molecule has 7 heteroatoms. The number of benzene rings is 2. The maximum Gasteiger partial charge on any atom is 0.222 e. The molecule has 0 fully saturated rings. The van der Waals surface area contributed by atoms with E-state index in [1.807, 2.05) is 37.1 Å². The number of carbonyl (C=O) groups is 1. The van der Waals surface area contributed by atoms with Crippen molar-refractivity contribution in [2.45, 2.75) is 19.9 Å². The van der Waals surface area contributed by atoms with Crippen LogP contribution < -0.4 is 10.2 Å². The SMILES string of the molecule is Cc1nc(N(C)CCC(=O)NCc2ccc(F)cc2)c2cc(-c3ccccc3)sc2n1. The first kappa shape index (κ1) is 20.9. The summed E-state index contributed by atoms with van der Waals surface area (Å²) in [4.78, 5) is 25.6. The third kappa shape index (κ3) is 5.06. The molecule has 158 valence electrons. The Bertz CT molecular complexity index is 1190. The monoisotopic (exact) mass is 434 g/mol. The smallest absolute Gasteiger partial charge is 0.222 e. The number of nitrogens with zero attached hydrogens (tertiary/aromatic N) is 3. The van der Waals surface area contributed by atoms with E-state index in [9.17, 15) is 9.18 Å². The summed E-state index contributed by atoms with van der Waals surface area (Å²) >= 11 is 1.64. The molecule has 31 heavy (non-hydrogen) atoms. The van der Waals surface area contributed by atoms with E-state index < -0.39 is 0 Å². The fourth-order valence-corrected chi connectivity index (χ4v) is 4.39. The van der Waals surface area contributed by atoms with Crippen molar-refractivity contribution < 1.29 is 9.18 Å². The van der Waals surface area contributed by atoms with Crippen LogP contribution in [0.15, 0.2) is 60.7 Å². The summed E-state index contributed by atoms with van der Waals surface area (Å²) in [6, 6.07) is 18.5. The molecule has 0 aliphatic carbocycles. The molecule has 1 N–H and O–H groups in total. The Hall–Kier alpha value is -3.32. The van der Waals surface area contributed by atoms with E-state index in [0.717, 1.165) is 32.0 Å². The van der Waals surface area contributed by atoms with Gasteiger partial charge in [-0.25, -0.2) is 14.4 Å². The highest BCUT2D eigenvalue weighted by molar-refractivity contribution is 7.21. The molecule has 2 aromatic heterocycles. The number of anilines is 1. The number of rotatable bonds is 7. The van der Waals surface area contributed by atoms with Gasteiger partial charge in [0.25, 0.3) is 0 Å². The predicted molar refractivity (Wildman–Crippen MR) is 124 cm³/mol. The second-order valence-corrected chi connectivity index (χ2v) is 8.40. The van der Waals surface area contributed by atoms with Gasteiger partial charge >= 0.3 is 0 Å². The lowest BCUT2D eigenvalue weighted by atomic mass is 10.2. The summed E-state index contributed by atoms with van der Waals surface area (Å²) in [7, 11) is 1.94. The van der Waals surface area contributed by atoms with Crippen molar-refractivity contribution in [3.8, 4) is 10.4 Å². The van der Waals surface area contributed by atoms with Gasteiger partial charge in [-0.15, -0.1) is 11.3 Å². The summed E-state index contributed by atoms with van der Waals surface area (Å²) in [6.45, 7) is 2.79. The molecule has 5 nitrogen and oxygen atoms in total. The van der Waals surface area contributed by atoms with Crippen molar-refractivity contribution in [3.63, 3.8) is 0 Å². The average Bonchev–Trinajstić information content (AvgIpc) is 3.21. The number of hydrogen-bond acceptors (Lipinski definition) is 5. The van der Waals surface area contributed by atoms with Crippen LogP contribution in [0.3, 0.4) is 0 Å². The van der Waals surface area contributed by atoms with Gasteiger partial charge in [0.05, 0.1) is 5.39 Å². The van der Waals surface area contributed by atoms with E-state index in [2.05, 4.69) is 33.5 Å². The summed E-state index contributed by atoms with van der Waals surface area (Å²) in [6.07, 6.45) is 0.331. The molecule has 0 radical (unpaired) electrons. The molecule has 4 aromatic rings. The fraction of sp³-hybridized carbons (Fsp3) is 0.208. The molecule has 2 heterocycles. The molecular formula is C24H23FN4OS. The number of thiophene rings is 1. The molecule has 0 atom stereocenters. The molecule has 0 aliphatic rings. The van der Waals surface area contributed by atoms with Crippen LogP contribution in [-0.4, -0.2) is 29.5 Å². The Kier molecular flexibility index (Phi) is 6.23. The maximum absolute atomic E-state index is 13.0. The highest BCUT2D eigenvalue weighted by Crippen LogP contribution is 2.36. The zero-order chi connectivity index (χ0) is 21.8. The molecule has 1 amide bonds. The lowest BCUT2D eigenvalue weighted by molar-refractivity contribution is -0.121. The zero-order valence-corrected chi connectivity index (χ0v) is 18.2. The van der Waals surface area contributed by atoms with Crippen LogP contribution in [0.4, 0.5) is 10.2 Å². The molecule has 0 unspecified atom stereocenters. The molecule has 0 saturated heterocycles. The van der Waals surface area contributed by atoms with Gasteiger partial charge in [0.15, 0.2) is 0 Å².